The summed E-state index contributed by atoms with van der Waals surface area (Å²) in [7, 11) is -6.19. The lowest BCUT2D eigenvalue weighted by Gasteiger charge is -2.20. The minimum absolute atomic E-state index is 0.804. The molecule has 0 bridgehead atoms. The molecule has 2 nitrogen and oxygen atoms in total. The predicted molar refractivity (Wildman–Crippen MR) is 290 cm³/mol. The van der Waals surface area contributed by atoms with Crippen molar-refractivity contribution in [3.8, 4) is 11.1 Å². The molecule has 0 N–H and O–H groups in total. The van der Waals surface area contributed by atoms with E-state index in [9.17, 15) is 0 Å². The first-order valence-electron chi connectivity index (χ1n) is 22.9. The summed E-state index contributed by atoms with van der Waals surface area (Å²) in [6, 6.07) is 94.1. The third kappa shape index (κ3) is 9.14. The standard InChI is InChI=1S/C64H48O2P2/c65-67(57-23-11-3-12-24-57,58-25-13-4-14-26-58)61-43-39-55(40-44-61)63(53-19-7-1-8-20-53)47-49-31-35-51(36-32-49)52-37-33-50(34-38-52)48-64(54-21-9-2-10-22-54)56-41-45-62(46-42-56)68(66,59-27-15-5-16-28-59)60-29-17-6-18-30-60/h1-48H. The topological polar surface area (TPSA) is 34.1 Å². The van der Waals surface area contributed by atoms with Gasteiger partial charge in [-0.15, -0.1) is 0 Å². The molecule has 326 valence electrons. The molecule has 0 amide bonds. The van der Waals surface area contributed by atoms with Crippen molar-refractivity contribution < 1.29 is 9.13 Å². The van der Waals surface area contributed by atoms with E-state index in [1.54, 1.807) is 0 Å². The van der Waals surface area contributed by atoms with Crippen molar-refractivity contribution in [2.75, 3.05) is 0 Å². The second kappa shape index (κ2) is 19.9. The van der Waals surface area contributed by atoms with Crippen LogP contribution < -0.4 is 31.8 Å². The third-order valence-electron chi connectivity index (χ3n) is 12.5. The first-order valence-corrected chi connectivity index (χ1v) is 26.3. The van der Waals surface area contributed by atoms with Crippen LogP contribution in [0.2, 0.25) is 0 Å². The van der Waals surface area contributed by atoms with Crippen molar-refractivity contribution in [2.45, 2.75) is 0 Å². The van der Waals surface area contributed by atoms with E-state index in [0.717, 1.165) is 87.5 Å². The van der Waals surface area contributed by atoms with Gasteiger partial charge in [0.25, 0.3) is 0 Å². The summed E-state index contributed by atoms with van der Waals surface area (Å²) < 4.78 is 30.2. The van der Waals surface area contributed by atoms with E-state index in [1.807, 2.05) is 158 Å². The highest BCUT2D eigenvalue weighted by Gasteiger charge is 2.31. The highest BCUT2D eigenvalue weighted by molar-refractivity contribution is 7.85. The fourth-order valence-corrected chi connectivity index (χ4v) is 14.2. The molecule has 10 aromatic rings. The summed E-state index contributed by atoms with van der Waals surface area (Å²) in [4.78, 5) is 0. The number of hydrogen-bond acceptors (Lipinski definition) is 2. The van der Waals surface area contributed by atoms with E-state index in [-0.39, 0.29) is 0 Å². The normalized spacial score (nSPS) is 12.1. The second-order valence-corrected chi connectivity index (χ2v) is 22.3. The first-order chi connectivity index (χ1) is 33.5. The van der Waals surface area contributed by atoms with E-state index >= 15 is 9.13 Å². The van der Waals surface area contributed by atoms with Crippen molar-refractivity contribution in [3.05, 3.63) is 312 Å². The average Bonchev–Trinajstić information content (AvgIpc) is 3.43. The van der Waals surface area contributed by atoms with Crippen molar-refractivity contribution in [3.63, 3.8) is 0 Å². The zero-order chi connectivity index (χ0) is 46.2. The van der Waals surface area contributed by atoms with Crippen LogP contribution in [0.3, 0.4) is 0 Å². The van der Waals surface area contributed by atoms with E-state index in [1.165, 1.54) is 0 Å². The molecule has 0 aliphatic carbocycles. The molecule has 0 radical (unpaired) electrons. The highest BCUT2D eigenvalue weighted by Crippen LogP contribution is 2.44. The van der Waals surface area contributed by atoms with E-state index in [0.29, 0.717) is 0 Å². The molecule has 0 fully saturated rings. The number of rotatable bonds is 13. The number of hydrogen-bond donors (Lipinski definition) is 0. The predicted octanol–water partition coefficient (Wildman–Crippen LogP) is 13.8. The van der Waals surface area contributed by atoms with Gasteiger partial charge in [-0.3, -0.25) is 0 Å². The minimum atomic E-state index is -3.10. The molecule has 0 aliphatic rings. The van der Waals surface area contributed by atoms with Crippen LogP contribution in [0, 0.1) is 0 Å². The summed E-state index contributed by atoms with van der Waals surface area (Å²) in [5, 5.41) is 4.89. The van der Waals surface area contributed by atoms with Gasteiger partial charge in [0.15, 0.2) is 14.3 Å². The monoisotopic (exact) mass is 910 g/mol. The maximum Gasteiger partial charge on any atom is 0.171 e. The second-order valence-electron chi connectivity index (χ2n) is 16.7. The van der Waals surface area contributed by atoms with Gasteiger partial charge in [0.2, 0.25) is 0 Å². The molecule has 0 spiro atoms. The van der Waals surface area contributed by atoms with Crippen LogP contribution in [-0.2, 0) is 9.13 Å². The Kier molecular flexibility index (Phi) is 12.9. The van der Waals surface area contributed by atoms with Gasteiger partial charge in [0.05, 0.1) is 0 Å². The zero-order valence-corrected chi connectivity index (χ0v) is 39.2. The molecule has 0 atom stereocenters. The van der Waals surface area contributed by atoms with Gasteiger partial charge in [0.1, 0.15) is 0 Å². The molecule has 0 saturated carbocycles. The molecule has 0 saturated heterocycles. The molecule has 0 heterocycles. The lowest BCUT2D eigenvalue weighted by Crippen LogP contribution is -2.24. The first kappa shape index (κ1) is 44.0. The lowest BCUT2D eigenvalue weighted by molar-refractivity contribution is 0.591. The Morgan fingerprint density at radius 1 is 0.235 bits per heavy atom. The van der Waals surface area contributed by atoms with Crippen molar-refractivity contribution in [1.82, 2.24) is 0 Å². The van der Waals surface area contributed by atoms with Crippen molar-refractivity contribution >= 4 is 69.4 Å². The summed E-state index contributed by atoms with van der Waals surface area (Å²) >= 11 is 0. The van der Waals surface area contributed by atoms with Crippen LogP contribution in [0.1, 0.15) is 33.4 Å². The fraction of sp³-hybridized carbons (Fsp3) is 0. The number of benzene rings is 10. The van der Waals surface area contributed by atoms with Crippen LogP contribution in [-0.4, -0.2) is 0 Å². The molecule has 10 rings (SSSR count). The minimum Gasteiger partial charge on any atom is -0.309 e. The molecule has 0 aromatic heterocycles. The van der Waals surface area contributed by atoms with E-state index in [2.05, 4.69) is 133 Å². The van der Waals surface area contributed by atoms with Crippen LogP contribution in [0.25, 0.3) is 34.4 Å². The summed E-state index contributed by atoms with van der Waals surface area (Å²) in [5.41, 5.74) is 10.9. The van der Waals surface area contributed by atoms with Gasteiger partial charge in [-0.05, 0) is 67.8 Å². The summed E-state index contributed by atoms with van der Waals surface area (Å²) in [6.45, 7) is 0. The Morgan fingerprint density at radius 2 is 0.456 bits per heavy atom. The van der Waals surface area contributed by atoms with E-state index in [4.69, 9.17) is 0 Å². The van der Waals surface area contributed by atoms with Gasteiger partial charge < -0.3 is 9.13 Å². The fourth-order valence-electron chi connectivity index (χ4n) is 8.93. The molecular weight excluding hydrogens is 863 g/mol. The zero-order valence-electron chi connectivity index (χ0n) is 37.4. The van der Waals surface area contributed by atoms with Gasteiger partial charge in [-0.1, -0.05) is 279 Å². The molecule has 68 heavy (non-hydrogen) atoms. The Balaban J connectivity index is 0.929. The average molecular weight is 911 g/mol. The smallest absolute Gasteiger partial charge is 0.171 e. The summed E-state index contributed by atoms with van der Waals surface area (Å²) in [5.74, 6) is 0. The molecule has 0 aliphatic heterocycles. The van der Waals surface area contributed by atoms with Crippen molar-refractivity contribution in [2.24, 2.45) is 0 Å². The Hall–Kier alpha value is -7.86. The van der Waals surface area contributed by atoms with E-state index < -0.39 is 14.3 Å². The van der Waals surface area contributed by atoms with Crippen LogP contribution >= 0.6 is 14.3 Å². The van der Waals surface area contributed by atoms with Crippen molar-refractivity contribution in [1.29, 1.82) is 0 Å². The third-order valence-corrected chi connectivity index (χ3v) is 18.7. The Morgan fingerprint density at radius 3 is 0.721 bits per heavy atom. The maximum atomic E-state index is 15.1. The van der Waals surface area contributed by atoms with Gasteiger partial charge in [-0.25, -0.2) is 0 Å². The Bertz CT molecular complexity index is 3090. The van der Waals surface area contributed by atoms with Crippen LogP contribution in [0.15, 0.2) is 279 Å². The van der Waals surface area contributed by atoms with Gasteiger partial charge in [-0.2, -0.15) is 0 Å². The molecule has 0 unspecified atom stereocenters. The Labute approximate surface area is 400 Å². The lowest BCUT2D eigenvalue weighted by atomic mass is 9.94. The van der Waals surface area contributed by atoms with Crippen LogP contribution in [0.4, 0.5) is 0 Å². The van der Waals surface area contributed by atoms with Gasteiger partial charge >= 0.3 is 0 Å². The van der Waals surface area contributed by atoms with Gasteiger partial charge in [0, 0.05) is 31.8 Å². The molecular formula is C64H48O2P2. The molecule has 10 aromatic carbocycles. The SMILES string of the molecule is O=P(c1ccccc1)(c1ccccc1)c1ccc(C(=Cc2ccc(-c3ccc(C=C(c4ccccc4)c4ccc(P(=O)(c5ccccc5)c5ccccc5)cc4)cc3)cc2)c2ccccc2)cc1. The quantitative estimate of drug-likeness (QED) is 0.0853. The summed E-state index contributed by atoms with van der Waals surface area (Å²) in [6.07, 6.45) is 4.46. The van der Waals surface area contributed by atoms with Crippen LogP contribution in [0.5, 0.6) is 0 Å². The largest absolute Gasteiger partial charge is 0.309 e. The maximum absolute atomic E-state index is 15.1. The highest BCUT2D eigenvalue weighted by atomic mass is 31.2. The molecule has 4 heteroatoms.